The Labute approximate surface area is 154 Å². The molecule has 0 spiro atoms. The second kappa shape index (κ2) is 8.47. The Kier molecular flexibility index (Phi) is 6.06. The molecule has 0 saturated carbocycles. The van der Waals surface area contributed by atoms with Crippen LogP contribution in [0.5, 0.6) is 0 Å². The van der Waals surface area contributed by atoms with Crippen LogP contribution in [0.3, 0.4) is 0 Å². The lowest BCUT2D eigenvalue weighted by atomic mass is 10.1. The normalized spacial score (nSPS) is 13.0. The number of amides is 1. The topological polar surface area (TPSA) is 56.6 Å². The largest absolute Gasteiger partial charge is 0.383 e. The van der Waals surface area contributed by atoms with Crippen LogP contribution in [0.4, 0.5) is 0 Å². The maximum Gasteiger partial charge on any atom is 0.274 e. The van der Waals surface area contributed by atoms with Gasteiger partial charge in [-0.3, -0.25) is 4.79 Å². The van der Waals surface area contributed by atoms with E-state index in [1.165, 1.54) is 5.56 Å². The number of methoxy groups -OCH3 is 2. The molecule has 1 amide bonds. The average Bonchev–Trinajstić information content (AvgIpc) is 3.25. The van der Waals surface area contributed by atoms with E-state index in [0.717, 1.165) is 36.2 Å². The number of hydrogen-bond donors (Lipinski definition) is 0. The maximum atomic E-state index is 13.2. The molecule has 3 rings (SSSR count). The Hall–Kier alpha value is -2.18. The van der Waals surface area contributed by atoms with Crippen molar-refractivity contribution >= 4 is 5.91 Å². The van der Waals surface area contributed by atoms with E-state index in [1.807, 2.05) is 4.68 Å². The fourth-order valence-corrected chi connectivity index (χ4v) is 3.38. The van der Waals surface area contributed by atoms with Gasteiger partial charge in [-0.1, -0.05) is 17.7 Å². The number of aromatic nitrogens is 2. The molecular weight excluding hydrogens is 330 g/mol. The molecule has 1 aliphatic rings. The molecule has 6 nitrogen and oxygen atoms in total. The van der Waals surface area contributed by atoms with E-state index < -0.39 is 0 Å². The molecule has 1 aliphatic carbocycles. The van der Waals surface area contributed by atoms with Gasteiger partial charge in [0.15, 0.2) is 5.69 Å². The molecule has 0 saturated heterocycles. The van der Waals surface area contributed by atoms with Crippen LogP contribution < -0.4 is 0 Å². The van der Waals surface area contributed by atoms with Gasteiger partial charge in [0.1, 0.15) is 0 Å². The molecule has 0 fully saturated rings. The number of hydrogen-bond acceptors (Lipinski definition) is 4. The van der Waals surface area contributed by atoms with Gasteiger partial charge in [-0.05, 0) is 38.3 Å². The maximum absolute atomic E-state index is 13.2. The zero-order valence-electron chi connectivity index (χ0n) is 15.8. The summed E-state index contributed by atoms with van der Waals surface area (Å²) in [4.78, 5) is 14.9. The highest BCUT2D eigenvalue weighted by Crippen LogP contribution is 2.28. The van der Waals surface area contributed by atoms with Gasteiger partial charge in [0.25, 0.3) is 5.91 Å². The highest BCUT2D eigenvalue weighted by Gasteiger charge is 2.29. The van der Waals surface area contributed by atoms with Crippen LogP contribution in [0.1, 0.15) is 33.7 Å². The van der Waals surface area contributed by atoms with Gasteiger partial charge in [0.05, 0.1) is 18.9 Å². The number of ether oxygens (including phenoxy) is 2. The molecule has 1 aromatic carbocycles. The van der Waals surface area contributed by atoms with Crippen LogP contribution >= 0.6 is 0 Å². The zero-order chi connectivity index (χ0) is 18.5. The van der Waals surface area contributed by atoms with Crippen molar-refractivity contribution in [3.63, 3.8) is 0 Å². The minimum atomic E-state index is -0.0388. The van der Waals surface area contributed by atoms with Gasteiger partial charge >= 0.3 is 0 Å². The standard InChI is InChI=1S/C20H27N3O3/c1-15-7-9-16(10-8-15)23-18-6-4-5-17(18)19(21-23)20(24)22(11-13-25-2)12-14-26-3/h7-10H,4-6,11-14H2,1-3H3. The molecule has 0 N–H and O–H groups in total. The molecule has 26 heavy (non-hydrogen) atoms. The van der Waals surface area contributed by atoms with Crippen molar-refractivity contribution < 1.29 is 14.3 Å². The van der Waals surface area contributed by atoms with Crippen LogP contribution in [0.2, 0.25) is 0 Å². The summed E-state index contributed by atoms with van der Waals surface area (Å²) in [7, 11) is 3.28. The first kappa shape index (κ1) is 18.6. The van der Waals surface area contributed by atoms with E-state index in [4.69, 9.17) is 14.6 Å². The third-order valence-corrected chi connectivity index (χ3v) is 4.83. The molecule has 0 atom stereocenters. The van der Waals surface area contributed by atoms with E-state index in [-0.39, 0.29) is 5.91 Å². The quantitative estimate of drug-likeness (QED) is 0.728. The van der Waals surface area contributed by atoms with E-state index in [9.17, 15) is 4.79 Å². The second-order valence-corrected chi connectivity index (χ2v) is 6.65. The Bertz CT molecular complexity index is 744. The number of aryl methyl sites for hydroxylation is 1. The first-order chi connectivity index (χ1) is 12.7. The first-order valence-corrected chi connectivity index (χ1v) is 9.10. The number of carbonyl (C=O) groups excluding carboxylic acids is 1. The number of rotatable bonds is 8. The van der Waals surface area contributed by atoms with E-state index in [0.29, 0.717) is 32.0 Å². The summed E-state index contributed by atoms with van der Waals surface area (Å²) in [5.41, 5.74) is 5.05. The molecule has 6 heteroatoms. The molecule has 2 aromatic rings. The molecule has 1 heterocycles. The summed E-state index contributed by atoms with van der Waals surface area (Å²) in [5.74, 6) is -0.0388. The third kappa shape index (κ3) is 3.81. The predicted molar refractivity (Wildman–Crippen MR) is 100.0 cm³/mol. The highest BCUT2D eigenvalue weighted by atomic mass is 16.5. The Balaban J connectivity index is 1.92. The van der Waals surface area contributed by atoms with Gasteiger partial charge in [-0.25, -0.2) is 4.68 Å². The fraction of sp³-hybridized carbons (Fsp3) is 0.500. The molecular formula is C20H27N3O3. The highest BCUT2D eigenvalue weighted by molar-refractivity contribution is 5.94. The lowest BCUT2D eigenvalue weighted by Gasteiger charge is -2.21. The number of nitrogens with zero attached hydrogens (tertiary/aromatic N) is 3. The lowest BCUT2D eigenvalue weighted by molar-refractivity contribution is 0.0620. The van der Waals surface area contributed by atoms with Gasteiger partial charge in [0.2, 0.25) is 0 Å². The summed E-state index contributed by atoms with van der Waals surface area (Å²) in [5, 5.41) is 4.71. The number of fused-ring (bicyclic) bond motifs is 1. The lowest BCUT2D eigenvalue weighted by Crippen LogP contribution is -2.37. The molecule has 0 aliphatic heterocycles. The van der Waals surface area contributed by atoms with Crippen LogP contribution in [0.25, 0.3) is 5.69 Å². The molecule has 0 bridgehead atoms. The Morgan fingerprint density at radius 2 is 1.77 bits per heavy atom. The van der Waals surface area contributed by atoms with Crippen molar-refractivity contribution in [2.45, 2.75) is 26.2 Å². The summed E-state index contributed by atoms with van der Waals surface area (Å²) in [6.45, 7) is 4.12. The van der Waals surface area contributed by atoms with E-state index >= 15 is 0 Å². The van der Waals surface area contributed by atoms with Gasteiger partial charge < -0.3 is 14.4 Å². The van der Waals surface area contributed by atoms with E-state index in [1.54, 1.807) is 19.1 Å². The third-order valence-electron chi connectivity index (χ3n) is 4.83. The van der Waals surface area contributed by atoms with Crippen LogP contribution in [0.15, 0.2) is 24.3 Å². The minimum absolute atomic E-state index is 0.0388. The van der Waals surface area contributed by atoms with Crippen molar-refractivity contribution in [1.29, 1.82) is 0 Å². The molecule has 0 radical (unpaired) electrons. The Morgan fingerprint density at radius 1 is 1.12 bits per heavy atom. The van der Waals surface area contributed by atoms with Crippen molar-refractivity contribution in [1.82, 2.24) is 14.7 Å². The number of carbonyl (C=O) groups is 1. The predicted octanol–water partition coefficient (Wildman–Crippen LogP) is 2.40. The SMILES string of the molecule is COCCN(CCOC)C(=O)c1nn(-c2ccc(C)cc2)c2c1CCC2. The van der Waals surface area contributed by atoms with Crippen molar-refractivity contribution in [2.24, 2.45) is 0 Å². The molecule has 0 unspecified atom stereocenters. The summed E-state index contributed by atoms with van der Waals surface area (Å²) in [6, 6.07) is 8.26. The fourth-order valence-electron chi connectivity index (χ4n) is 3.38. The Morgan fingerprint density at radius 3 is 2.38 bits per heavy atom. The van der Waals surface area contributed by atoms with E-state index in [2.05, 4.69) is 31.2 Å². The summed E-state index contributed by atoms with van der Waals surface area (Å²) in [6.07, 6.45) is 2.93. The van der Waals surface area contributed by atoms with Crippen LogP contribution in [-0.2, 0) is 22.3 Å². The van der Waals surface area contributed by atoms with Crippen molar-refractivity contribution in [3.8, 4) is 5.69 Å². The van der Waals surface area contributed by atoms with Crippen LogP contribution in [-0.4, -0.2) is 61.1 Å². The first-order valence-electron chi connectivity index (χ1n) is 9.10. The molecule has 140 valence electrons. The number of benzene rings is 1. The summed E-state index contributed by atoms with van der Waals surface area (Å²) >= 11 is 0. The van der Waals surface area contributed by atoms with Crippen LogP contribution in [0, 0.1) is 6.92 Å². The average molecular weight is 357 g/mol. The summed E-state index contributed by atoms with van der Waals surface area (Å²) < 4.78 is 12.3. The monoisotopic (exact) mass is 357 g/mol. The minimum Gasteiger partial charge on any atom is -0.383 e. The smallest absolute Gasteiger partial charge is 0.274 e. The van der Waals surface area contributed by atoms with Gasteiger partial charge in [-0.15, -0.1) is 0 Å². The van der Waals surface area contributed by atoms with Gasteiger partial charge in [0, 0.05) is 38.6 Å². The zero-order valence-corrected chi connectivity index (χ0v) is 15.8. The van der Waals surface area contributed by atoms with Crippen molar-refractivity contribution in [3.05, 3.63) is 46.8 Å². The molecule has 1 aromatic heterocycles. The second-order valence-electron chi connectivity index (χ2n) is 6.65. The van der Waals surface area contributed by atoms with Gasteiger partial charge in [-0.2, -0.15) is 5.10 Å². The van der Waals surface area contributed by atoms with Crippen molar-refractivity contribution in [2.75, 3.05) is 40.5 Å².